The van der Waals surface area contributed by atoms with Gasteiger partial charge in [0.1, 0.15) is 0 Å². The molecule has 1 aliphatic heterocycles. The van der Waals surface area contributed by atoms with Gasteiger partial charge < -0.3 is 5.11 Å². The zero-order valence-corrected chi connectivity index (χ0v) is 10.2. The van der Waals surface area contributed by atoms with Crippen molar-refractivity contribution in [2.24, 2.45) is 5.92 Å². The van der Waals surface area contributed by atoms with Gasteiger partial charge in [-0.15, -0.1) is 0 Å². The first-order valence-electron chi connectivity index (χ1n) is 5.34. The van der Waals surface area contributed by atoms with Gasteiger partial charge in [0.05, 0.1) is 0 Å². The first kappa shape index (κ1) is 12.9. The molecular weight excluding hydrogens is 216 g/mol. The molecule has 0 spiro atoms. The van der Waals surface area contributed by atoms with Crippen LogP contribution in [-0.2, 0) is 10.2 Å². The van der Waals surface area contributed by atoms with E-state index in [0.29, 0.717) is 19.6 Å². The molecule has 5 nitrogen and oxygen atoms in total. The van der Waals surface area contributed by atoms with E-state index in [0.717, 1.165) is 12.8 Å². The van der Waals surface area contributed by atoms with Gasteiger partial charge in [-0.25, -0.2) is 0 Å². The van der Waals surface area contributed by atoms with Crippen molar-refractivity contribution in [1.29, 1.82) is 0 Å². The lowest BCUT2D eigenvalue weighted by atomic mass is 10.00. The number of nitrogens with zero attached hydrogens (tertiary/aromatic N) is 2. The van der Waals surface area contributed by atoms with Crippen molar-refractivity contribution < 1.29 is 13.5 Å². The Hall–Kier alpha value is -0.170. The monoisotopic (exact) mass is 236 g/mol. The molecule has 0 unspecified atom stereocenters. The van der Waals surface area contributed by atoms with Crippen molar-refractivity contribution in [1.82, 2.24) is 8.61 Å². The van der Waals surface area contributed by atoms with Crippen LogP contribution < -0.4 is 0 Å². The fourth-order valence-electron chi connectivity index (χ4n) is 1.68. The lowest BCUT2D eigenvalue weighted by Crippen LogP contribution is -2.46. The van der Waals surface area contributed by atoms with Crippen LogP contribution in [0.1, 0.15) is 19.8 Å². The minimum Gasteiger partial charge on any atom is -0.396 e. The van der Waals surface area contributed by atoms with Gasteiger partial charge in [-0.2, -0.15) is 17.0 Å². The molecule has 1 rings (SSSR count). The van der Waals surface area contributed by atoms with E-state index in [2.05, 4.69) is 0 Å². The Kier molecular flexibility index (Phi) is 4.51. The summed E-state index contributed by atoms with van der Waals surface area (Å²) in [6.45, 7) is 3.52. The van der Waals surface area contributed by atoms with Crippen molar-refractivity contribution in [3.63, 3.8) is 0 Å². The van der Waals surface area contributed by atoms with E-state index < -0.39 is 10.2 Å². The molecule has 0 aliphatic carbocycles. The Labute approximate surface area is 91.9 Å². The van der Waals surface area contributed by atoms with Crippen LogP contribution >= 0.6 is 0 Å². The third-order valence-electron chi connectivity index (χ3n) is 3.00. The van der Waals surface area contributed by atoms with Crippen LogP contribution in [0.3, 0.4) is 0 Å². The molecule has 1 N–H and O–H groups in total. The molecule has 0 atom stereocenters. The second-order valence-corrected chi connectivity index (χ2v) is 5.98. The van der Waals surface area contributed by atoms with Gasteiger partial charge in [0.2, 0.25) is 0 Å². The molecule has 90 valence electrons. The molecular formula is C9H20N2O3S. The standard InChI is InChI=1S/C9H20N2O3S/c1-3-10(2)15(13,14)11-6-4-9(8-12)5-7-11/h9,12H,3-8H2,1-2H3. The lowest BCUT2D eigenvalue weighted by molar-refractivity contribution is 0.167. The van der Waals surface area contributed by atoms with Gasteiger partial charge in [-0.05, 0) is 18.8 Å². The highest BCUT2D eigenvalue weighted by molar-refractivity contribution is 7.86. The maximum Gasteiger partial charge on any atom is 0.281 e. The molecule has 0 amide bonds. The summed E-state index contributed by atoms with van der Waals surface area (Å²) in [4.78, 5) is 0. The average Bonchev–Trinajstić information content (AvgIpc) is 2.28. The topological polar surface area (TPSA) is 60.9 Å². The van der Waals surface area contributed by atoms with Crippen LogP contribution in [0.25, 0.3) is 0 Å². The minimum atomic E-state index is -3.26. The molecule has 1 saturated heterocycles. The SMILES string of the molecule is CCN(C)S(=O)(=O)N1CCC(CO)CC1. The maximum atomic E-state index is 11.9. The van der Waals surface area contributed by atoms with Crippen LogP contribution in [0.4, 0.5) is 0 Å². The van der Waals surface area contributed by atoms with Crippen LogP contribution in [-0.4, -0.2) is 55.4 Å². The molecule has 0 aromatic rings. The van der Waals surface area contributed by atoms with E-state index in [9.17, 15) is 8.42 Å². The summed E-state index contributed by atoms with van der Waals surface area (Å²) < 4.78 is 26.7. The van der Waals surface area contributed by atoms with E-state index in [1.165, 1.54) is 8.61 Å². The normalized spacial score (nSPS) is 21.1. The Morgan fingerprint density at radius 2 is 1.93 bits per heavy atom. The van der Waals surface area contributed by atoms with E-state index in [1.54, 1.807) is 7.05 Å². The summed E-state index contributed by atoms with van der Waals surface area (Å²) in [6, 6.07) is 0. The van der Waals surface area contributed by atoms with Crippen LogP contribution in [0, 0.1) is 5.92 Å². The molecule has 15 heavy (non-hydrogen) atoms. The predicted octanol–water partition coefficient (Wildman–Crippen LogP) is -0.113. The average molecular weight is 236 g/mol. The number of piperidine rings is 1. The summed E-state index contributed by atoms with van der Waals surface area (Å²) in [5.41, 5.74) is 0. The highest BCUT2D eigenvalue weighted by Crippen LogP contribution is 2.20. The molecule has 0 saturated carbocycles. The fourth-order valence-corrected chi connectivity index (χ4v) is 3.08. The van der Waals surface area contributed by atoms with Crippen LogP contribution in [0.2, 0.25) is 0 Å². The zero-order valence-electron chi connectivity index (χ0n) is 9.39. The first-order chi connectivity index (χ1) is 7.02. The van der Waals surface area contributed by atoms with Crippen LogP contribution in [0.5, 0.6) is 0 Å². The summed E-state index contributed by atoms with van der Waals surface area (Å²) in [6.07, 6.45) is 1.51. The number of aliphatic hydroxyl groups is 1. The Morgan fingerprint density at radius 1 is 1.40 bits per heavy atom. The van der Waals surface area contributed by atoms with E-state index in [4.69, 9.17) is 5.11 Å². The molecule has 0 aromatic carbocycles. The smallest absolute Gasteiger partial charge is 0.281 e. The van der Waals surface area contributed by atoms with Gasteiger partial charge in [0, 0.05) is 33.3 Å². The molecule has 0 aromatic heterocycles. The summed E-state index contributed by atoms with van der Waals surface area (Å²) >= 11 is 0. The van der Waals surface area contributed by atoms with Gasteiger partial charge >= 0.3 is 0 Å². The quantitative estimate of drug-likeness (QED) is 0.740. The largest absolute Gasteiger partial charge is 0.396 e. The molecule has 6 heteroatoms. The van der Waals surface area contributed by atoms with Gasteiger partial charge in [0.15, 0.2) is 0 Å². The molecule has 1 heterocycles. The highest BCUT2D eigenvalue weighted by atomic mass is 32.2. The molecule has 1 fully saturated rings. The highest BCUT2D eigenvalue weighted by Gasteiger charge is 2.29. The summed E-state index contributed by atoms with van der Waals surface area (Å²) in [5.74, 6) is 0.267. The number of hydrogen-bond acceptors (Lipinski definition) is 3. The number of hydrogen-bond donors (Lipinski definition) is 1. The van der Waals surface area contributed by atoms with E-state index in [-0.39, 0.29) is 12.5 Å². The summed E-state index contributed by atoms with van der Waals surface area (Å²) in [5, 5.41) is 8.96. The van der Waals surface area contributed by atoms with E-state index in [1.807, 2.05) is 6.92 Å². The second kappa shape index (κ2) is 5.25. The first-order valence-corrected chi connectivity index (χ1v) is 6.74. The fraction of sp³-hybridized carbons (Fsp3) is 1.00. The second-order valence-electron chi connectivity index (χ2n) is 3.95. The van der Waals surface area contributed by atoms with Crippen molar-refractivity contribution in [2.75, 3.05) is 33.3 Å². The molecule has 1 aliphatic rings. The van der Waals surface area contributed by atoms with Crippen molar-refractivity contribution in [2.45, 2.75) is 19.8 Å². The predicted molar refractivity (Wildman–Crippen MR) is 58.6 cm³/mol. The molecule has 0 bridgehead atoms. The Morgan fingerprint density at radius 3 is 2.33 bits per heavy atom. The third kappa shape index (κ3) is 2.90. The lowest BCUT2D eigenvalue weighted by Gasteiger charge is -2.32. The minimum absolute atomic E-state index is 0.164. The van der Waals surface area contributed by atoms with Crippen molar-refractivity contribution in [3.05, 3.63) is 0 Å². The number of rotatable bonds is 4. The Bertz CT molecular complexity index is 284. The van der Waals surface area contributed by atoms with Gasteiger partial charge in [0.25, 0.3) is 10.2 Å². The van der Waals surface area contributed by atoms with Crippen LogP contribution in [0.15, 0.2) is 0 Å². The zero-order chi connectivity index (χ0) is 11.5. The summed E-state index contributed by atoms with van der Waals surface area (Å²) in [7, 11) is -1.67. The van der Waals surface area contributed by atoms with Gasteiger partial charge in [-0.3, -0.25) is 0 Å². The van der Waals surface area contributed by atoms with Gasteiger partial charge in [-0.1, -0.05) is 6.92 Å². The Balaban J connectivity index is 2.60. The van der Waals surface area contributed by atoms with Crippen molar-refractivity contribution >= 4 is 10.2 Å². The number of aliphatic hydroxyl groups excluding tert-OH is 1. The third-order valence-corrected chi connectivity index (χ3v) is 5.06. The molecule has 0 radical (unpaired) electrons. The maximum absolute atomic E-state index is 11.9. The van der Waals surface area contributed by atoms with Crippen molar-refractivity contribution in [3.8, 4) is 0 Å². The van der Waals surface area contributed by atoms with E-state index >= 15 is 0 Å².